The highest BCUT2D eigenvalue weighted by molar-refractivity contribution is 7.89. The fraction of sp³-hybridized carbons (Fsp3) is 0.150. The molecule has 0 spiro atoms. The number of benzene rings is 2. The molecule has 2 amide bonds. The average molecular weight is 445 g/mol. The number of hydrogen-bond donors (Lipinski definition) is 3. The predicted octanol–water partition coefficient (Wildman–Crippen LogP) is 1.50. The van der Waals surface area contributed by atoms with Crippen LogP contribution in [0.1, 0.15) is 15.9 Å². The smallest absolute Gasteiger partial charge is 0.254 e. The summed E-state index contributed by atoms with van der Waals surface area (Å²) in [5, 5.41) is 9.25. The molecule has 1 heterocycles. The van der Waals surface area contributed by atoms with Crippen molar-refractivity contribution < 1.29 is 22.4 Å². The third-order valence-electron chi connectivity index (χ3n) is 4.29. The van der Waals surface area contributed by atoms with Crippen molar-refractivity contribution in [2.45, 2.75) is 18.0 Å². The lowest BCUT2D eigenvalue weighted by molar-refractivity contribution is -0.116. The zero-order valence-electron chi connectivity index (χ0n) is 16.5. The molecular formula is C20H20FN5O4S. The summed E-state index contributed by atoms with van der Waals surface area (Å²) >= 11 is 0. The van der Waals surface area contributed by atoms with Crippen LogP contribution in [0.5, 0.6) is 0 Å². The summed E-state index contributed by atoms with van der Waals surface area (Å²) in [6.45, 7) is 0.100. The number of sulfonamides is 1. The van der Waals surface area contributed by atoms with Crippen LogP contribution in [0.2, 0.25) is 0 Å². The van der Waals surface area contributed by atoms with Gasteiger partial charge in [0.2, 0.25) is 15.9 Å². The largest absolute Gasteiger partial charge is 0.348 e. The zero-order valence-corrected chi connectivity index (χ0v) is 17.3. The van der Waals surface area contributed by atoms with Gasteiger partial charge in [-0.05, 0) is 49.0 Å². The average Bonchev–Trinajstić information content (AvgIpc) is 3.25. The lowest BCUT2D eigenvalue weighted by atomic mass is 10.1. The fourth-order valence-electron chi connectivity index (χ4n) is 2.74. The second kappa shape index (κ2) is 9.49. The quantitative estimate of drug-likeness (QED) is 0.485. The maximum Gasteiger partial charge on any atom is 0.254 e. The van der Waals surface area contributed by atoms with Gasteiger partial charge in [-0.2, -0.15) is 5.10 Å². The number of nitrogens with one attached hydrogen (secondary N) is 3. The second-order valence-corrected chi connectivity index (χ2v) is 8.37. The van der Waals surface area contributed by atoms with Crippen molar-refractivity contribution in [3.8, 4) is 0 Å². The maximum absolute atomic E-state index is 14.1. The van der Waals surface area contributed by atoms with Crippen molar-refractivity contribution >= 4 is 27.5 Å². The minimum Gasteiger partial charge on any atom is -0.348 e. The minimum atomic E-state index is -3.82. The fourth-order valence-corrected chi connectivity index (χ4v) is 3.50. The number of halogens is 1. The third-order valence-corrected chi connectivity index (χ3v) is 5.70. The Morgan fingerprint density at radius 3 is 2.65 bits per heavy atom. The summed E-state index contributed by atoms with van der Waals surface area (Å²) in [4.78, 5) is 24.3. The Labute approximate surface area is 178 Å². The highest BCUT2D eigenvalue weighted by Crippen LogP contribution is 2.16. The highest BCUT2D eigenvalue weighted by atomic mass is 32.2. The maximum atomic E-state index is 14.1. The first kappa shape index (κ1) is 22.1. The molecule has 9 nitrogen and oxygen atoms in total. The number of nitrogens with zero attached hydrogens (tertiary/aromatic N) is 2. The van der Waals surface area contributed by atoms with Crippen molar-refractivity contribution in [1.82, 2.24) is 19.8 Å². The van der Waals surface area contributed by atoms with Crippen molar-refractivity contribution in [1.29, 1.82) is 0 Å². The molecule has 0 fully saturated rings. The van der Waals surface area contributed by atoms with Gasteiger partial charge in [-0.1, -0.05) is 12.1 Å². The molecule has 3 rings (SSSR count). The number of hydrogen-bond acceptors (Lipinski definition) is 5. The van der Waals surface area contributed by atoms with E-state index in [-0.39, 0.29) is 29.5 Å². The molecule has 31 heavy (non-hydrogen) atoms. The minimum absolute atomic E-state index is 0.0458. The Bertz CT molecular complexity index is 1200. The van der Waals surface area contributed by atoms with E-state index in [1.165, 1.54) is 11.7 Å². The molecule has 0 aliphatic rings. The van der Waals surface area contributed by atoms with Gasteiger partial charge in [0.1, 0.15) is 12.4 Å². The van der Waals surface area contributed by atoms with Crippen LogP contribution in [0.4, 0.5) is 10.1 Å². The summed E-state index contributed by atoms with van der Waals surface area (Å²) in [5.41, 5.74) is 0.793. The van der Waals surface area contributed by atoms with Crippen LogP contribution in [0.3, 0.4) is 0 Å². The Morgan fingerprint density at radius 1 is 1.13 bits per heavy atom. The van der Waals surface area contributed by atoms with Gasteiger partial charge in [0.25, 0.3) is 5.91 Å². The number of anilines is 1. The topological polar surface area (TPSA) is 122 Å². The first-order valence-electron chi connectivity index (χ1n) is 9.16. The summed E-state index contributed by atoms with van der Waals surface area (Å²) < 4.78 is 41.4. The molecule has 3 N–H and O–H groups in total. The molecule has 0 bridgehead atoms. The van der Waals surface area contributed by atoms with Crippen LogP contribution >= 0.6 is 0 Å². The molecule has 162 valence electrons. The van der Waals surface area contributed by atoms with Crippen LogP contribution in [0.25, 0.3) is 0 Å². The van der Waals surface area contributed by atoms with E-state index in [9.17, 15) is 22.4 Å². The number of amides is 2. The molecular weight excluding hydrogens is 425 g/mol. The van der Waals surface area contributed by atoms with E-state index in [1.807, 2.05) is 0 Å². The van der Waals surface area contributed by atoms with Crippen LogP contribution in [-0.2, 0) is 27.9 Å². The number of carbonyl (C=O) groups excluding carboxylic acids is 2. The van der Waals surface area contributed by atoms with Crippen LogP contribution in [0.15, 0.2) is 65.8 Å². The second-order valence-electron chi connectivity index (χ2n) is 6.48. The molecule has 0 saturated carbocycles. The Balaban J connectivity index is 1.65. The van der Waals surface area contributed by atoms with E-state index < -0.39 is 21.7 Å². The molecule has 0 unspecified atom stereocenters. The first-order chi connectivity index (χ1) is 14.8. The highest BCUT2D eigenvalue weighted by Gasteiger charge is 2.18. The van der Waals surface area contributed by atoms with E-state index in [4.69, 9.17) is 0 Å². The van der Waals surface area contributed by atoms with Crippen LogP contribution in [0, 0.1) is 5.82 Å². The van der Waals surface area contributed by atoms with Crippen molar-refractivity contribution in [2.75, 3.05) is 12.4 Å². The molecule has 0 atom stereocenters. The Kier molecular flexibility index (Phi) is 6.78. The lowest BCUT2D eigenvalue weighted by Crippen LogP contribution is -2.25. The summed E-state index contributed by atoms with van der Waals surface area (Å²) in [6, 6.07) is 11.5. The summed E-state index contributed by atoms with van der Waals surface area (Å²) in [7, 11) is -2.60. The van der Waals surface area contributed by atoms with Gasteiger partial charge in [0.15, 0.2) is 0 Å². The van der Waals surface area contributed by atoms with Gasteiger partial charge in [-0.3, -0.25) is 14.3 Å². The lowest BCUT2D eigenvalue weighted by Gasteiger charge is -2.10. The van der Waals surface area contributed by atoms with Gasteiger partial charge < -0.3 is 10.6 Å². The molecule has 3 aromatic rings. The van der Waals surface area contributed by atoms with E-state index in [2.05, 4.69) is 20.5 Å². The number of rotatable bonds is 8. The molecule has 2 aromatic carbocycles. The van der Waals surface area contributed by atoms with Crippen molar-refractivity contribution in [3.05, 3.63) is 77.9 Å². The molecule has 0 radical (unpaired) electrons. The van der Waals surface area contributed by atoms with Gasteiger partial charge in [-0.25, -0.2) is 17.5 Å². The van der Waals surface area contributed by atoms with Gasteiger partial charge in [0.05, 0.1) is 10.5 Å². The van der Waals surface area contributed by atoms with Crippen LogP contribution in [-0.4, -0.2) is 37.1 Å². The normalized spacial score (nSPS) is 11.2. The summed E-state index contributed by atoms with van der Waals surface area (Å²) in [5.74, 6) is -1.87. The molecule has 0 aliphatic carbocycles. The monoisotopic (exact) mass is 445 g/mol. The molecule has 0 saturated heterocycles. The Morgan fingerprint density at radius 2 is 1.94 bits per heavy atom. The summed E-state index contributed by atoms with van der Waals surface area (Å²) in [6.07, 6.45) is 3.24. The number of carbonyl (C=O) groups is 2. The van der Waals surface area contributed by atoms with E-state index in [1.54, 1.807) is 42.7 Å². The van der Waals surface area contributed by atoms with Gasteiger partial charge in [-0.15, -0.1) is 0 Å². The Hall–Kier alpha value is -3.57. The van der Waals surface area contributed by atoms with E-state index >= 15 is 0 Å². The first-order valence-corrected chi connectivity index (χ1v) is 10.6. The molecule has 1 aromatic heterocycles. The SMILES string of the molecule is CNS(=O)(=O)c1ccc(F)c(C(=O)NCc2cccc(NC(=O)Cn3cccn3)c2)c1. The predicted molar refractivity (Wildman–Crippen MR) is 111 cm³/mol. The van der Waals surface area contributed by atoms with Crippen molar-refractivity contribution in [3.63, 3.8) is 0 Å². The van der Waals surface area contributed by atoms with E-state index in [0.29, 0.717) is 11.3 Å². The van der Waals surface area contributed by atoms with Crippen molar-refractivity contribution in [2.24, 2.45) is 0 Å². The standard InChI is InChI=1S/C20H20FN5O4S/c1-22-31(29,30)16-6-7-18(21)17(11-16)20(28)23-12-14-4-2-5-15(10-14)25-19(27)13-26-9-3-8-24-26/h2-11,22H,12-13H2,1H3,(H,23,28)(H,25,27). The molecule has 11 heteroatoms. The van der Waals surface area contributed by atoms with Gasteiger partial charge in [0, 0.05) is 24.6 Å². The van der Waals surface area contributed by atoms with E-state index in [0.717, 1.165) is 18.2 Å². The third kappa shape index (κ3) is 5.74. The number of aromatic nitrogens is 2. The van der Waals surface area contributed by atoms with Crippen LogP contribution < -0.4 is 15.4 Å². The van der Waals surface area contributed by atoms with Gasteiger partial charge >= 0.3 is 0 Å². The molecule has 0 aliphatic heterocycles. The zero-order chi connectivity index (χ0) is 22.4.